The number of piperazine rings is 1. The van der Waals surface area contributed by atoms with E-state index in [0.717, 1.165) is 67.5 Å². The molecule has 4 N–H and O–H groups in total. The Kier molecular flexibility index (Phi) is 7.01. The molecule has 1 aliphatic rings. The van der Waals surface area contributed by atoms with Crippen LogP contribution in [0.1, 0.15) is 38.7 Å². The molecule has 2 aromatic rings. The number of nitrogens with one attached hydrogen (secondary N) is 2. The first kappa shape index (κ1) is 19.6. The van der Waals surface area contributed by atoms with E-state index in [2.05, 4.69) is 52.6 Å². The molecule has 0 radical (unpaired) electrons. The van der Waals surface area contributed by atoms with Gasteiger partial charge in [-0.25, -0.2) is 9.97 Å². The van der Waals surface area contributed by atoms with Crippen LogP contribution in [0.25, 0.3) is 11.3 Å². The van der Waals surface area contributed by atoms with Gasteiger partial charge in [0.1, 0.15) is 11.6 Å². The molecule has 6 heteroatoms. The monoisotopic (exact) mass is 368 g/mol. The lowest BCUT2D eigenvalue weighted by Crippen LogP contribution is -2.44. The summed E-state index contributed by atoms with van der Waals surface area (Å²) in [6.07, 6.45) is 5.27. The third-order valence-electron chi connectivity index (χ3n) is 5.09. The zero-order chi connectivity index (χ0) is 19.1. The molecule has 0 saturated carbocycles. The molecule has 6 nitrogen and oxygen atoms in total. The lowest BCUT2D eigenvalue weighted by Gasteiger charge is -2.29. The lowest BCUT2D eigenvalue weighted by atomic mass is 10.1. The molecule has 1 fully saturated rings. The number of nitrogens with two attached hydrogens (primary N) is 1. The predicted octanol–water partition coefficient (Wildman–Crippen LogP) is 3.00. The molecule has 0 aromatic carbocycles. The molecule has 0 aliphatic carbocycles. The van der Waals surface area contributed by atoms with Crippen LogP contribution in [0.3, 0.4) is 0 Å². The van der Waals surface area contributed by atoms with Crippen molar-refractivity contribution in [1.82, 2.24) is 15.3 Å². The van der Waals surface area contributed by atoms with E-state index >= 15 is 0 Å². The molecular weight excluding hydrogens is 336 g/mol. The SMILES string of the molecule is CCCC(CC)Nc1cc(-c2cc(CN)cc(N3CCNCC3)n2)ccn1. The molecule has 1 saturated heterocycles. The van der Waals surface area contributed by atoms with E-state index in [0.29, 0.717) is 12.6 Å². The summed E-state index contributed by atoms with van der Waals surface area (Å²) in [5.74, 6) is 1.93. The van der Waals surface area contributed by atoms with Gasteiger partial charge in [-0.1, -0.05) is 20.3 Å². The third-order valence-corrected chi connectivity index (χ3v) is 5.09. The summed E-state index contributed by atoms with van der Waals surface area (Å²) in [4.78, 5) is 11.8. The van der Waals surface area contributed by atoms with Gasteiger partial charge in [0, 0.05) is 50.5 Å². The zero-order valence-corrected chi connectivity index (χ0v) is 16.5. The van der Waals surface area contributed by atoms with Crippen LogP contribution in [0, 0.1) is 0 Å². The summed E-state index contributed by atoms with van der Waals surface area (Å²) in [5, 5.41) is 6.95. The van der Waals surface area contributed by atoms with Crippen molar-refractivity contribution in [1.29, 1.82) is 0 Å². The molecule has 0 amide bonds. The van der Waals surface area contributed by atoms with Crippen LogP contribution < -0.4 is 21.3 Å². The molecule has 3 rings (SSSR count). The van der Waals surface area contributed by atoms with Gasteiger partial charge in [-0.2, -0.15) is 0 Å². The highest BCUT2D eigenvalue weighted by Crippen LogP contribution is 2.25. The Morgan fingerprint density at radius 1 is 1.22 bits per heavy atom. The standard InChI is InChI=1S/C21H32N6/c1-3-5-18(4-2)25-20-14-17(6-7-24-20)19-12-16(15-22)13-21(26-19)27-10-8-23-9-11-27/h6-7,12-14,18,23H,3-5,8-11,15,22H2,1-2H3,(H,24,25). The van der Waals surface area contributed by atoms with E-state index < -0.39 is 0 Å². The van der Waals surface area contributed by atoms with Gasteiger partial charge in [0.05, 0.1) is 5.69 Å². The van der Waals surface area contributed by atoms with Crippen molar-refractivity contribution in [2.24, 2.45) is 5.73 Å². The largest absolute Gasteiger partial charge is 0.367 e. The molecule has 146 valence electrons. The van der Waals surface area contributed by atoms with Crippen LogP contribution in [-0.4, -0.2) is 42.2 Å². The second kappa shape index (κ2) is 9.67. The molecule has 2 aromatic heterocycles. The molecular formula is C21H32N6. The average molecular weight is 369 g/mol. The number of hydrogen-bond donors (Lipinski definition) is 3. The Bertz CT molecular complexity index is 726. The van der Waals surface area contributed by atoms with Crippen LogP contribution in [0.5, 0.6) is 0 Å². The summed E-state index contributed by atoms with van der Waals surface area (Å²) in [6, 6.07) is 8.79. The molecule has 0 spiro atoms. The predicted molar refractivity (Wildman–Crippen MR) is 113 cm³/mol. The van der Waals surface area contributed by atoms with E-state index in [9.17, 15) is 0 Å². The van der Waals surface area contributed by atoms with Crippen LogP contribution in [0.2, 0.25) is 0 Å². The fourth-order valence-electron chi connectivity index (χ4n) is 3.50. The van der Waals surface area contributed by atoms with Gasteiger partial charge in [0.25, 0.3) is 0 Å². The Morgan fingerprint density at radius 2 is 2.04 bits per heavy atom. The molecule has 3 heterocycles. The minimum Gasteiger partial charge on any atom is -0.367 e. The number of aromatic nitrogens is 2. The van der Waals surface area contributed by atoms with Gasteiger partial charge in [-0.15, -0.1) is 0 Å². The smallest absolute Gasteiger partial charge is 0.129 e. The Morgan fingerprint density at radius 3 is 2.74 bits per heavy atom. The number of hydrogen-bond acceptors (Lipinski definition) is 6. The summed E-state index contributed by atoms with van der Waals surface area (Å²) in [6.45, 7) is 8.86. The summed E-state index contributed by atoms with van der Waals surface area (Å²) < 4.78 is 0. The number of rotatable bonds is 8. The van der Waals surface area contributed by atoms with Crippen molar-refractivity contribution in [3.05, 3.63) is 36.0 Å². The van der Waals surface area contributed by atoms with Crippen LogP contribution in [-0.2, 0) is 6.54 Å². The van der Waals surface area contributed by atoms with Gasteiger partial charge in [-0.05, 0) is 42.7 Å². The van der Waals surface area contributed by atoms with Gasteiger partial charge < -0.3 is 21.3 Å². The fraction of sp³-hybridized carbons (Fsp3) is 0.524. The number of anilines is 2. The van der Waals surface area contributed by atoms with Crippen LogP contribution >= 0.6 is 0 Å². The van der Waals surface area contributed by atoms with Crippen molar-refractivity contribution < 1.29 is 0 Å². The highest BCUT2D eigenvalue weighted by Gasteiger charge is 2.14. The van der Waals surface area contributed by atoms with Gasteiger partial charge in [-0.3, -0.25) is 0 Å². The highest BCUT2D eigenvalue weighted by atomic mass is 15.2. The number of nitrogens with zero attached hydrogens (tertiary/aromatic N) is 3. The maximum Gasteiger partial charge on any atom is 0.129 e. The Hall–Kier alpha value is -2.18. The summed E-state index contributed by atoms with van der Waals surface area (Å²) >= 11 is 0. The lowest BCUT2D eigenvalue weighted by molar-refractivity contribution is 0.585. The van der Waals surface area contributed by atoms with E-state index in [-0.39, 0.29) is 0 Å². The summed E-state index contributed by atoms with van der Waals surface area (Å²) in [7, 11) is 0. The first-order valence-corrected chi connectivity index (χ1v) is 10.1. The van der Waals surface area contributed by atoms with E-state index in [4.69, 9.17) is 10.7 Å². The molecule has 1 aliphatic heterocycles. The normalized spacial score (nSPS) is 15.6. The van der Waals surface area contributed by atoms with E-state index in [1.807, 2.05) is 12.3 Å². The fourth-order valence-corrected chi connectivity index (χ4v) is 3.50. The molecule has 0 bridgehead atoms. The van der Waals surface area contributed by atoms with Crippen molar-refractivity contribution >= 4 is 11.6 Å². The Labute approximate surface area is 162 Å². The minimum absolute atomic E-state index is 0.456. The van der Waals surface area contributed by atoms with Crippen LogP contribution in [0.4, 0.5) is 11.6 Å². The van der Waals surface area contributed by atoms with Crippen molar-refractivity contribution in [2.75, 3.05) is 36.4 Å². The first-order chi connectivity index (χ1) is 13.2. The van der Waals surface area contributed by atoms with Crippen molar-refractivity contribution in [3.8, 4) is 11.3 Å². The minimum atomic E-state index is 0.456. The molecule has 1 atom stereocenters. The Balaban J connectivity index is 1.87. The second-order valence-corrected chi connectivity index (χ2v) is 7.13. The van der Waals surface area contributed by atoms with Gasteiger partial charge in [0.15, 0.2) is 0 Å². The molecule has 27 heavy (non-hydrogen) atoms. The first-order valence-electron chi connectivity index (χ1n) is 10.1. The number of pyridine rings is 2. The van der Waals surface area contributed by atoms with E-state index in [1.165, 1.54) is 6.42 Å². The van der Waals surface area contributed by atoms with E-state index in [1.54, 1.807) is 0 Å². The maximum atomic E-state index is 5.96. The highest BCUT2D eigenvalue weighted by molar-refractivity contribution is 5.66. The average Bonchev–Trinajstić information content (AvgIpc) is 2.74. The second-order valence-electron chi connectivity index (χ2n) is 7.13. The molecule has 1 unspecified atom stereocenters. The van der Waals surface area contributed by atoms with Crippen molar-refractivity contribution in [3.63, 3.8) is 0 Å². The van der Waals surface area contributed by atoms with Crippen LogP contribution in [0.15, 0.2) is 30.5 Å². The van der Waals surface area contributed by atoms with Gasteiger partial charge >= 0.3 is 0 Å². The van der Waals surface area contributed by atoms with Gasteiger partial charge in [0.2, 0.25) is 0 Å². The zero-order valence-electron chi connectivity index (χ0n) is 16.5. The summed E-state index contributed by atoms with van der Waals surface area (Å²) in [5.41, 5.74) is 9.10. The third kappa shape index (κ3) is 5.17. The quantitative estimate of drug-likeness (QED) is 0.665. The van der Waals surface area contributed by atoms with Crippen molar-refractivity contribution in [2.45, 2.75) is 45.7 Å². The maximum absolute atomic E-state index is 5.96. The topological polar surface area (TPSA) is 79.1 Å².